The van der Waals surface area contributed by atoms with Gasteiger partial charge in [0.25, 0.3) is 0 Å². The number of benzene rings is 1. The van der Waals surface area contributed by atoms with Crippen molar-refractivity contribution >= 4 is 5.91 Å². The highest BCUT2D eigenvalue weighted by Crippen LogP contribution is 2.56. The van der Waals surface area contributed by atoms with Gasteiger partial charge in [-0.25, -0.2) is 0 Å². The smallest absolute Gasteiger partial charge is 0.226 e. The van der Waals surface area contributed by atoms with Crippen LogP contribution < -0.4 is 4.74 Å². The number of ether oxygens (including phenoxy) is 1. The van der Waals surface area contributed by atoms with Crippen molar-refractivity contribution in [2.45, 2.75) is 51.1 Å². The molecule has 4 heteroatoms. The van der Waals surface area contributed by atoms with Crippen molar-refractivity contribution in [2.24, 2.45) is 17.8 Å². The number of nitrogens with zero attached hydrogens (tertiary/aromatic N) is 2. The number of hydrogen-bond donors (Lipinski definition) is 0. The van der Waals surface area contributed by atoms with Crippen LogP contribution >= 0.6 is 0 Å². The lowest BCUT2D eigenvalue weighted by Crippen LogP contribution is -2.47. The largest absolute Gasteiger partial charge is 0.497 e. The minimum atomic E-state index is 0.315. The topological polar surface area (TPSA) is 32.8 Å². The van der Waals surface area contributed by atoms with Gasteiger partial charge in [0.15, 0.2) is 0 Å². The number of carbonyl (C=O) groups excluding carboxylic acids is 1. The predicted octanol–water partition coefficient (Wildman–Crippen LogP) is 3.55. The molecule has 1 heterocycles. The van der Waals surface area contributed by atoms with Gasteiger partial charge in [-0.3, -0.25) is 4.79 Å². The van der Waals surface area contributed by atoms with Crippen LogP contribution in [0.3, 0.4) is 0 Å². The molecular formula is C22H32N2O2. The summed E-state index contributed by atoms with van der Waals surface area (Å²) >= 11 is 0. The molecule has 0 aromatic heterocycles. The van der Waals surface area contributed by atoms with E-state index in [9.17, 15) is 4.79 Å². The second-order valence-electron chi connectivity index (χ2n) is 8.49. The summed E-state index contributed by atoms with van der Waals surface area (Å²) < 4.78 is 5.28. The zero-order valence-electron chi connectivity index (χ0n) is 16.2. The lowest BCUT2D eigenvalue weighted by Gasteiger charge is -2.38. The fourth-order valence-electron chi connectivity index (χ4n) is 5.17. The molecule has 142 valence electrons. The number of carbonyl (C=O) groups is 1. The molecule has 2 aliphatic carbocycles. The molecule has 2 atom stereocenters. The number of likely N-dealkylation sites (tertiary alicyclic amines) is 1. The molecule has 0 bridgehead atoms. The Labute approximate surface area is 157 Å². The monoisotopic (exact) mass is 356 g/mol. The molecule has 0 unspecified atom stereocenters. The highest BCUT2D eigenvalue weighted by molar-refractivity contribution is 5.82. The normalized spacial score (nSPS) is 29.1. The van der Waals surface area contributed by atoms with Gasteiger partial charge in [-0.15, -0.1) is 0 Å². The lowest BCUT2D eigenvalue weighted by molar-refractivity contribution is -0.137. The number of methoxy groups -OCH3 is 1. The zero-order chi connectivity index (χ0) is 18.1. The third kappa shape index (κ3) is 3.62. The Kier molecular flexibility index (Phi) is 5.21. The van der Waals surface area contributed by atoms with Gasteiger partial charge in [0.1, 0.15) is 5.75 Å². The maximum absolute atomic E-state index is 13.5. The van der Waals surface area contributed by atoms with Crippen molar-refractivity contribution in [3.05, 3.63) is 29.8 Å². The molecule has 26 heavy (non-hydrogen) atoms. The van der Waals surface area contributed by atoms with E-state index in [0.717, 1.165) is 38.2 Å². The summed E-state index contributed by atoms with van der Waals surface area (Å²) in [6, 6.07) is 8.61. The Hall–Kier alpha value is -1.55. The van der Waals surface area contributed by atoms with Crippen LogP contribution in [0.4, 0.5) is 0 Å². The van der Waals surface area contributed by atoms with Crippen LogP contribution in [0.2, 0.25) is 0 Å². The molecule has 3 fully saturated rings. The van der Waals surface area contributed by atoms with E-state index in [-0.39, 0.29) is 0 Å². The quantitative estimate of drug-likeness (QED) is 0.809. The number of rotatable bonds is 5. The standard InChI is InChI=1S/C22H32N2O2/c1-23-13-11-17(12-14-23)24(15-16-7-9-18(26-2)10-8-16)22(25)21-19-5-3-4-6-20(19)21/h7-10,17,19-21H,3-6,11-15H2,1-2H3/t19-,20-/m1/s1. The number of amides is 1. The van der Waals surface area contributed by atoms with E-state index in [4.69, 9.17) is 4.74 Å². The van der Waals surface area contributed by atoms with E-state index < -0.39 is 0 Å². The number of piperidine rings is 1. The van der Waals surface area contributed by atoms with Crippen LogP contribution in [0.25, 0.3) is 0 Å². The van der Waals surface area contributed by atoms with E-state index in [1.54, 1.807) is 7.11 Å². The van der Waals surface area contributed by atoms with Crippen LogP contribution in [0.5, 0.6) is 5.75 Å². The van der Waals surface area contributed by atoms with Crippen molar-refractivity contribution in [1.29, 1.82) is 0 Å². The van der Waals surface area contributed by atoms with E-state index >= 15 is 0 Å². The first kappa shape index (κ1) is 17.8. The molecule has 1 saturated heterocycles. The first-order valence-corrected chi connectivity index (χ1v) is 10.3. The average Bonchev–Trinajstić information content (AvgIpc) is 3.41. The molecule has 1 aromatic rings. The van der Waals surface area contributed by atoms with Crippen LogP contribution in [-0.4, -0.2) is 49.0 Å². The molecule has 1 amide bonds. The number of hydrogen-bond acceptors (Lipinski definition) is 3. The minimum absolute atomic E-state index is 0.315. The van der Waals surface area contributed by atoms with Crippen LogP contribution in [0.15, 0.2) is 24.3 Å². The maximum atomic E-state index is 13.5. The highest BCUT2D eigenvalue weighted by atomic mass is 16.5. The number of fused-ring (bicyclic) bond motifs is 1. The summed E-state index contributed by atoms with van der Waals surface area (Å²) in [4.78, 5) is 18.1. The van der Waals surface area contributed by atoms with Crippen molar-refractivity contribution in [1.82, 2.24) is 9.80 Å². The molecule has 1 aromatic carbocycles. The summed E-state index contributed by atoms with van der Waals surface area (Å²) in [5.74, 6) is 2.99. The molecule has 3 aliphatic rings. The van der Waals surface area contributed by atoms with E-state index in [0.29, 0.717) is 29.7 Å². The van der Waals surface area contributed by atoms with Gasteiger partial charge in [0.05, 0.1) is 7.11 Å². The molecule has 2 saturated carbocycles. The van der Waals surface area contributed by atoms with Gasteiger partial charge in [-0.05, 0) is 75.4 Å². The van der Waals surface area contributed by atoms with Gasteiger partial charge < -0.3 is 14.5 Å². The second kappa shape index (κ2) is 7.59. The Morgan fingerprint density at radius 1 is 1.08 bits per heavy atom. The third-order valence-corrected chi connectivity index (χ3v) is 6.87. The summed E-state index contributed by atoms with van der Waals surface area (Å²) in [6.07, 6.45) is 7.37. The summed E-state index contributed by atoms with van der Waals surface area (Å²) in [7, 11) is 3.87. The Bertz CT molecular complexity index is 610. The molecule has 0 spiro atoms. The maximum Gasteiger partial charge on any atom is 0.226 e. The fraction of sp³-hybridized carbons (Fsp3) is 0.682. The molecule has 0 radical (unpaired) electrons. The Morgan fingerprint density at radius 2 is 1.69 bits per heavy atom. The van der Waals surface area contributed by atoms with E-state index in [1.807, 2.05) is 12.1 Å². The molecular weight excluding hydrogens is 324 g/mol. The van der Waals surface area contributed by atoms with Crippen molar-refractivity contribution in [3.63, 3.8) is 0 Å². The highest BCUT2D eigenvalue weighted by Gasteiger charge is 2.56. The Balaban J connectivity index is 1.50. The van der Waals surface area contributed by atoms with Crippen molar-refractivity contribution in [2.75, 3.05) is 27.2 Å². The second-order valence-corrected chi connectivity index (χ2v) is 8.49. The zero-order valence-corrected chi connectivity index (χ0v) is 16.2. The average molecular weight is 357 g/mol. The molecule has 0 N–H and O–H groups in total. The van der Waals surface area contributed by atoms with Gasteiger partial charge in [-0.1, -0.05) is 25.0 Å². The van der Waals surface area contributed by atoms with E-state index in [1.165, 1.54) is 31.2 Å². The third-order valence-electron chi connectivity index (χ3n) is 6.87. The first-order chi connectivity index (χ1) is 12.7. The van der Waals surface area contributed by atoms with Gasteiger partial charge in [0.2, 0.25) is 5.91 Å². The molecule has 1 aliphatic heterocycles. The fourth-order valence-corrected chi connectivity index (χ4v) is 5.17. The van der Waals surface area contributed by atoms with Crippen molar-refractivity contribution in [3.8, 4) is 5.75 Å². The van der Waals surface area contributed by atoms with Crippen LogP contribution in [0.1, 0.15) is 44.1 Å². The molecule has 4 rings (SSSR count). The van der Waals surface area contributed by atoms with Gasteiger partial charge in [-0.2, -0.15) is 0 Å². The van der Waals surface area contributed by atoms with Crippen LogP contribution in [-0.2, 0) is 11.3 Å². The lowest BCUT2D eigenvalue weighted by atomic mass is 10.0. The van der Waals surface area contributed by atoms with Gasteiger partial charge >= 0.3 is 0 Å². The van der Waals surface area contributed by atoms with E-state index in [2.05, 4.69) is 29.0 Å². The summed E-state index contributed by atoms with van der Waals surface area (Å²) in [6.45, 7) is 2.93. The Morgan fingerprint density at radius 3 is 2.27 bits per heavy atom. The predicted molar refractivity (Wildman–Crippen MR) is 103 cm³/mol. The van der Waals surface area contributed by atoms with Gasteiger partial charge in [0, 0.05) is 18.5 Å². The van der Waals surface area contributed by atoms with Crippen molar-refractivity contribution < 1.29 is 9.53 Å². The summed E-state index contributed by atoms with van der Waals surface area (Å²) in [5.41, 5.74) is 1.21. The first-order valence-electron chi connectivity index (χ1n) is 10.3. The minimum Gasteiger partial charge on any atom is -0.497 e. The SMILES string of the molecule is COc1ccc(CN(C(=O)C2[C@@H]3CCCC[C@@H]23)C2CCN(C)CC2)cc1. The summed E-state index contributed by atoms with van der Waals surface area (Å²) in [5, 5.41) is 0. The molecule has 4 nitrogen and oxygen atoms in total. The van der Waals surface area contributed by atoms with Crippen LogP contribution in [0, 0.1) is 17.8 Å².